The molecule has 10 nitrogen and oxygen atoms in total. The lowest BCUT2D eigenvalue weighted by molar-refractivity contribution is -0.385. The number of nitrogens with one attached hydrogen (secondary N) is 1. The summed E-state index contributed by atoms with van der Waals surface area (Å²) in [5, 5.41) is 30.4. The number of amides is 1. The highest BCUT2D eigenvalue weighted by molar-refractivity contribution is 5.98. The van der Waals surface area contributed by atoms with Gasteiger partial charge < -0.3 is 21.3 Å². The van der Waals surface area contributed by atoms with Crippen LogP contribution in [0.1, 0.15) is 23.2 Å². The van der Waals surface area contributed by atoms with E-state index in [0.29, 0.717) is 0 Å². The molecule has 0 saturated carbocycles. The number of anilines is 1. The molecule has 0 aliphatic heterocycles. The fourth-order valence-corrected chi connectivity index (χ4v) is 1.59. The van der Waals surface area contributed by atoms with Crippen molar-refractivity contribution in [2.24, 2.45) is 5.73 Å². The van der Waals surface area contributed by atoms with Crippen molar-refractivity contribution in [1.29, 1.82) is 0 Å². The molecule has 22 heavy (non-hydrogen) atoms. The summed E-state index contributed by atoms with van der Waals surface area (Å²) in [6.07, 6.45) is -0.394. The summed E-state index contributed by atoms with van der Waals surface area (Å²) in [6, 6.07) is 1.94. The van der Waals surface area contributed by atoms with E-state index >= 15 is 0 Å². The van der Waals surface area contributed by atoms with Crippen molar-refractivity contribution in [3.63, 3.8) is 0 Å². The summed E-state index contributed by atoms with van der Waals surface area (Å²) >= 11 is 0. The SMILES string of the molecule is N[C@H](CCC(=O)O)C(=O)Nc1ccc([N+](=O)[O-])c(C(=O)O)c1. The Morgan fingerprint density at radius 3 is 2.45 bits per heavy atom. The molecular formula is C12H13N3O7. The number of carbonyl (C=O) groups excluding carboxylic acids is 1. The molecule has 0 heterocycles. The average molecular weight is 311 g/mol. The third kappa shape index (κ3) is 4.52. The molecule has 1 atom stereocenters. The van der Waals surface area contributed by atoms with Gasteiger partial charge in [0.25, 0.3) is 5.69 Å². The maximum absolute atomic E-state index is 11.7. The van der Waals surface area contributed by atoms with Crippen LogP contribution >= 0.6 is 0 Å². The number of nitro benzene ring substituents is 1. The molecule has 118 valence electrons. The van der Waals surface area contributed by atoms with Crippen LogP contribution in [0, 0.1) is 10.1 Å². The average Bonchev–Trinajstić information content (AvgIpc) is 2.44. The van der Waals surface area contributed by atoms with Gasteiger partial charge in [-0.1, -0.05) is 0 Å². The fourth-order valence-electron chi connectivity index (χ4n) is 1.59. The third-order valence-electron chi connectivity index (χ3n) is 2.70. The van der Waals surface area contributed by atoms with Gasteiger partial charge in [-0.3, -0.25) is 19.7 Å². The lowest BCUT2D eigenvalue weighted by Crippen LogP contribution is -2.36. The van der Waals surface area contributed by atoms with E-state index < -0.39 is 40.1 Å². The van der Waals surface area contributed by atoms with Crippen LogP contribution in [0.4, 0.5) is 11.4 Å². The van der Waals surface area contributed by atoms with Gasteiger partial charge in [0.1, 0.15) is 5.56 Å². The first-order chi connectivity index (χ1) is 10.2. The van der Waals surface area contributed by atoms with Crippen molar-refractivity contribution < 1.29 is 29.5 Å². The molecule has 0 aliphatic rings. The van der Waals surface area contributed by atoms with Gasteiger partial charge in [0.15, 0.2) is 0 Å². The van der Waals surface area contributed by atoms with E-state index in [1.54, 1.807) is 0 Å². The Balaban J connectivity index is 2.88. The third-order valence-corrected chi connectivity index (χ3v) is 2.70. The standard InChI is InChI=1S/C12H13N3O7/c13-8(2-4-10(16)17)11(18)14-6-1-3-9(15(21)22)7(5-6)12(19)20/h1,3,5,8H,2,4,13H2,(H,14,18)(H,16,17)(H,19,20)/t8-/m1/s1. The highest BCUT2D eigenvalue weighted by Gasteiger charge is 2.21. The number of carbonyl (C=O) groups is 3. The van der Waals surface area contributed by atoms with Crippen LogP contribution in [0.3, 0.4) is 0 Å². The fraction of sp³-hybridized carbons (Fsp3) is 0.250. The molecule has 1 aromatic carbocycles. The van der Waals surface area contributed by atoms with Crippen LogP contribution in [0.15, 0.2) is 18.2 Å². The minimum Gasteiger partial charge on any atom is -0.481 e. The van der Waals surface area contributed by atoms with Crippen LogP contribution in [-0.4, -0.2) is 39.0 Å². The highest BCUT2D eigenvalue weighted by Crippen LogP contribution is 2.22. The van der Waals surface area contributed by atoms with Crippen LogP contribution in [-0.2, 0) is 9.59 Å². The Labute approximate surface area is 123 Å². The number of rotatable bonds is 7. The second-order valence-corrected chi connectivity index (χ2v) is 4.32. The van der Waals surface area contributed by atoms with Gasteiger partial charge in [-0.15, -0.1) is 0 Å². The largest absolute Gasteiger partial charge is 0.481 e. The molecule has 0 saturated heterocycles. The number of aliphatic carboxylic acids is 1. The number of nitro groups is 1. The van der Waals surface area contributed by atoms with Crippen LogP contribution in [0.5, 0.6) is 0 Å². The first-order valence-electron chi connectivity index (χ1n) is 6.02. The van der Waals surface area contributed by atoms with Gasteiger partial charge in [0, 0.05) is 18.2 Å². The van der Waals surface area contributed by atoms with Gasteiger partial charge in [-0.25, -0.2) is 4.79 Å². The van der Waals surface area contributed by atoms with Crippen molar-refractivity contribution in [2.75, 3.05) is 5.32 Å². The molecule has 0 radical (unpaired) electrons. The van der Waals surface area contributed by atoms with E-state index in [9.17, 15) is 24.5 Å². The minimum atomic E-state index is -1.52. The molecule has 0 unspecified atom stereocenters. The summed E-state index contributed by atoms with van der Waals surface area (Å²) in [7, 11) is 0. The summed E-state index contributed by atoms with van der Waals surface area (Å²) in [5.41, 5.74) is 4.31. The number of carboxylic acids is 2. The van der Waals surface area contributed by atoms with Crippen molar-refractivity contribution in [2.45, 2.75) is 18.9 Å². The molecule has 0 aliphatic carbocycles. The Kier molecular flexibility index (Phi) is 5.52. The molecule has 0 aromatic heterocycles. The summed E-state index contributed by atoms with van der Waals surface area (Å²) < 4.78 is 0. The van der Waals surface area contributed by atoms with Crippen molar-refractivity contribution in [3.8, 4) is 0 Å². The smallest absolute Gasteiger partial charge is 0.342 e. The molecule has 5 N–H and O–H groups in total. The Bertz CT molecular complexity index is 629. The normalized spacial score (nSPS) is 11.5. The predicted octanol–water partition coefficient (Wildman–Crippen LogP) is 0.424. The monoisotopic (exact) mass is 311 g/mol. The van der Waals surface area contributed by atoms with Crippen molar-refractivity contribution >= 4 is 29.2 Å². The molecule has 1 rings (SSSR count). The lowest BCUT2D eigenvalue weighted by Gasteiger charge is -2.11. The summed E-state index contributed by atoms with van der Waals surface area (Å²) in [5.74, 6) is -3.34. The van der Waals surface area contributed by atoms with Gasteiger partial charge >= 0.3 is 11.9 Å². The number of nitrogens with zero attached hydrogens (tertiary/aromatic N) is 1. The number of hydrogen-bond donors (Lipinski definition) is 4. The van der Waals surface area contributed by atoms with Crippen LogP contribution < -0.4 is 11.1 Å². The van der Waals surface area contributed by atoms with Gasteiger partial charge in [-0.2, -0.15) is 0 Å². The zero-order valence-corrected chi connectivity index (χ0v) is 11.2. The van der Waals surface area contributed by atoms with Crippen molar-refractivity contribution in [1.82, 2.24) is 0 Å². The number of benzene rings is 1. The molecule has 1 aromatic rings. The van der Waals surface area contributed by atoms with E-state index in [-0.39, 0.29) is 18.5 Å². The van der Waals surface area contributed by atoms with Gasteiger partial charge in [0.05, 0.1) is 11.0 Å². The molecular weight excluding hydrogens is 298 g/mol. The van der Waals surface area contributed by atoms with E-state index in [0.717, 1.165) is 18.2 Å². The zero-order chi connectivity index (χ0) is 16.9. The lowest BCUT2D eigenvalue weighted by atomic mass is 10.1. The zero-order valence-electron chi connectivity index (χ0n) is 11.2. The number of nitrogens with two attached hydrogens (primary N) is 1. The predicted molar refractivity (Wildman–Crippen MR) is 73.5 cm³/mol. The number of aromatic carboxylic acids is 1. The van der Waals surface area contributed by atoms with E-state index in [1.165, 1.54) is 0 Å². The van der Waals surface area contributed by atoms with E-state index in [2.05, 4.69) is 5.32 Å². The van der Waals surface area contributed by atoms with Crippen LogP contribution in [0.25, 0.3) is 0 Å². The van der Waals surface area contributed by atoms with Crippen molar-refractivity contribution in [3.05, 3.63) is 33.9 Å². The van der Waals surface area contributed by atoms with Crippen LogP contribution in [0.2, 0.25) is 0 Å². The second-order valence-electron chi connectivity index (χ2n) is 4.32. The quantitative estimate of drug-likeness (QED) is 0.414. The Hall–Kier alpha value is -3.01. The van der Waals surface area contributed by atoms with E-state index in [1.807, 2.05) is 0 Å². The molecule has 1 amide bonds. The topological polar surface area (TPSA) is 173 Å². The maximum atomic E-state index is 11.7. The molecule has 0 spiro atoms. The molecule has 0 fully saturated rings. The number of carboxylic acid groups (broad SMARTS) is 2. The summed E-state index contributed by atoms with van der Waals surface area (Å²) in [6.45, 7) is 0. The molecule has 0 bridgehead atoms. The minimum absolute atomic E-state index is 0.0128. The highest BCUT2D eigenvalue weighted by atomic mass is 16.6. The Morgan fingerprint density at radius 1 is 1.32 bits per heavy atom. The first kappa shape index (κ1) is 17.0. The first-order valence-corrected chi connectivity index (χ1v) is 6.02. The maximum Gasteiger partial charge on any atom is 0.342 e. The van der Waals surface area contributed by atoms with Gasteiger partial charge in [0.2, 0.25) is 5.91 Å². The van der Waals surface area contributed by atoms with E-state index in [4.69, 9.17) is 15.9 Å². The number of hydrogen-bond acceptors (Lipinski definition) is 6. The summed E-state index contributed by atoms with van der Waals surface area (Å²) in [4.78, 5) is 42.9. The second kappa shape index (κ2) is 7.13. The van der Waals surface area contributed by atoms with Gasteiger partial charge in [-0.05, 0) is 18.6 Å². The molecule has 10 heteroatoms. The Morgan fingerprint density at radius 2 is 1.95 bits per heavy atom.